The van der Waals surface area contributed by atoms with Crippen LogP contribution in [0.3, 0.4) is 0 Å². The molecule has 4 rings (SSSR count). The van der Waals surface area contributed by atoms with Gasteiger partial charge in [-0.15, -0.1) is 0 Å². The van der Waals surface area contributed by atoms with Gasteiger partial charge in [0.2, 0.25) is 0 Å². The summed E-state index contributed by atoms with van der Waals surface area (Å²) in [5.74, 6) is 1.64. The Morgan fingerprint density at radius 2 is 1.81 bits per heavy atom. The Bertz CT molecular complexity index is 692. The maximum Gasteiger partial charge on any atom is 0.303 e. The standard InChI is InChI=1S/C23H34O4/c1-14(24)27-20-8-7-19-17-6-5-15-13-16(25)9-11-21(15,2)18(17)10-12-22(19,3)23(20,4)26/h13,17-20,26H,5-12H2,1-4H3/t17?,18?,19?,20?,21?,22?,23-/m1/s1. The number of ether oxygens (including phenoxy) is 1. The van der Waals surface area contributed by atoms with Crippen LogP contribution in [0.25, 0.3) is 0 Å². The second-order valence-corrected chi connectivity index (χ2v) is 10.2. The van der Waals surface area contributed by atoms with E-state index in [0.29, 0.717) is 30.0 Å². The lowest BCUT2D eigenvalue weighted by molar-refractivity contribution is -0.235. The highest BCUT2D eigenvalue weighted by atomic mass is 16.6. The van der Waals surface area contributed by atoms with Crippen LogP contribution in [-0.4, -0.2) is 28.6 Å². The van der Waals surface area contributed by atoms with Crippen molar-refractivity contribution in [2.45, 2.75) is 90.8 Å². The van der Waals surface area contributed by atoms with E-state index in [9.17, 15) is 14.7 Å². The average molecular weight is 375 g/mol. The number of carbonyl (C=O) groups excluding carboxylic acids is 2. The zero-order valence-corrected chi connectivity index (χ0v) is 17.2. The Kier molecular flexibility index (Phi) is 4.38. The van der Waals surface area contributed by atoms with Crippen LogP contribution < -0.4 is 0 Å². The highest BCUT2D eigenvalue weighted by Gasteiger charge is 2.63. The number of carbonyl (C=O) groups is 2. The van der Waals surface area contributed by atoms with Gasteiger partial charge in [-0.25, -0.2) is 0 Å². The molecule has 1 N–H and O–H groups in total. The van der Waals surface area contributed by atoms with Gasteiger partial charge in [0.1, 0.15) is 11.7 Å². The Morgan fingerprint density at radius 1 is 1.07 bits per heavy atom. The van der Waals surface area contributed by atoms with Crippen LogP contribution in [0.2, 0.25) is 0 Å². The van der Waals surface area contributed by atoms with E-state index in [0.717, 1.165) is 44.9 Å². The zero-order valence-electron chi connectivity index (χ0n) is 17.2. The molecule has 4 nitrogen and oxygen atoms in total. The SMILES string of the molecule is CC(=O)OC1CCC2C3CCC4=CC(=O)CCC4(C)C3CCC2(C)[C@]1(C)O. The van der Waals surface area contributed by atoms with Gasteiger partial charge >= 0.3 is 5.97 Å². The average Bonchev–Trinajstić information content (AvgIpc) is 2.58. The number of hydrogen-bond acceptors (Lipinski definition) is 4. The van der Waals surface area contributed by atoms with Crippen LogP contribution in [0.4, 0.5) is 0 Å². The highest BCUT2D eigenvalue weighted by molar-refractivity contribution is 5.91. The molecule has 3 fully saturated rings. The first-order valence-electron chi connectivity index (χ1n) is 10.7. The van der Waals surface area contributed by atoms with Gasteiger partial charge in [0.25, 0.3) is 0 Å². The van der Waals surface area contributed by atoms with Gasteiger partial charge in [-0.1, -0.05) is 19.4 Å². The Hall–Kier alpha value is -1.16. The molecule has 4 heteroatoms. The fourth-order valence-electron chi connectivity index (χ4n) is 7.39. The van der Waals surface area contributed by atoms with Crippen molar-refractivity contribution in [2.75, 3.05) is 0 Å². The first kappa shape index (κ1) is 19.2. The molecule has 0 aliphatic heterocycles. The van der Waals surface area contributed by atoms with Gasteiger partial charge in [0.05, 0.1) is 0 Å². The molecular weight excluding hydrogens is 340 g/mol. The maximum atomic E-state index is 12.0. The van der Waals surface area contributed by atoms with Crippen molar-refractivity contribution in [1.29, 1.82) is 0 Å². The summed E-state index contributed by atoms with van der Waals surface area (Å²) in [5, 5.41) is 11.5. The fraction of sp³-hybridized carbons (Fsp3) is 0.826. The van der Waals surface area contributed by atoms with Crippen molar-refractivity contribution in [2.24, 2.45) is 28.6 Å². The lowest BCUT2D eigenvalue weighted by Crippen LogP contribution is -2.65. The van der Waals surface area contributed by atoms with Gasteiger partial charge in [-0.2, -0.15) is 0 Å². The van der Waals surface area contributed by atoms with E-state index in [1.807, 2.05) is 13.0 Å². The van der Waals surface area contributed by atoms with Crippen molar-refractivity contribution < 1.29 is 19.4 Å². The summed E-state index contributed by atoms with van der Waals surface area (Å²) in [6.07, 6.45) is 9.14. The predicted octanol–water partition coefficient (Wildman–Crippen LogP) is 4.20. The summed E-state index contributed by atoms with van der Waals surface area (Å²) in [5.41, 5.74) is 0.307. The topological polar surface area (TPSA) is 63.6 Å². The minimum Gasteiger partial charge on any atom is -0.459 e. The monoisotopic (exact) mass is 374 g/mol. The summed E-state index contributed by atoms with van der Waals surface area (Å²) < 4.78 is 5.54. The minimum atomic E-state index is -0.994. The number of fused-ring (bicyclic) bond motifs is 5. The molecule has 3 saturated carbocycles. The summed E-state index contributed by atoms with van der Waals surface area (Å²) >= 11 is 0. The van der Waals surface area contributed by atoms with Crippen LogP contribution in [-0.2, 0) is 14.3 Å². The summed E-state index contributed by atoms with van der Waals surface area (Å²) in [6, 6.07) is 0. The van der Waals surface area contributed by atoms with Gasteiger partial charge < -0.3 is 9.84 Å². The van der Waals surface area contributed by atoms with E-state index in [4.69, 9.17) is 4.74 Å². The summed E-state index contributed by atoms with van der Waals surface area (Å²) in [4.78, 5) is 23.5. The number of ketones is 1. The molecule has 0 bridgehead atoms. The van der Waals surface area contributed by atoms with E-state index in [1.165, 1.54) is 12.5 Å². The number of rotatable bonds is 1. The quantitative estimate of drug-likeness (QED) is 0.699. The molecule has 0 spiro atoms. The third kappa shape index (κ3) is 2.66. The molecule has 0 heterocycles. The van der Waals surface area contributed by atoms with Crippen LogP contribution in [0.5, 0.6) is 0 Å². The Balaban J connectivity index is 1.65. The smallest absolute Gasteiger partial charge is 0.303 e. The first-order chi connectivity index (χ1) is 12.6. The van der Waals surface area contributed by atoms with E-state index in [2.05, 4.69) is 13.8 Å². The largest absolute Gasteiger partial charge is 0.459 e. The predicted molar refractivity (Wildman–Crippen MR) is 103 cm³/mol. The number of allylic oxidation sites excluding steroid dienone is 2. The van der Waals surface area contributed by atoms with Gasteiger partial charge in [-0.05, 0) is 81.1 Å². The van der Waals surface area contributed by atoms with Crippen molar-refractivity contribution in [3.8, 4) is 0 Å². The van der Waals surface area contributed by atoms with E-state index in [-0.39, 0.29) is 16.8 Å². The van der Waals surface area contributed by atoms with Crippen LogP contribution >= 0.6 is 0 Å². The summed E-state index contributed by atoms with van der Waals surface area (Å²) in [6.45, 7) is 7.93. The number of esters is 1. The third-order valence-corrected chi connectivity index (χ3v) is 9.18. The lowest BCUT2D eigenvalue weighted by atomic mass is 9.42. The molecule has 0 amide bonds. The van der Waals surface area contributed by atoms with Gasteiger partial charge in [0.15, 0.2) is 5.78 Å². The molecular formula is C23H34O4. The van der Waals surface area contributed by atoms with Crippen molar-refractivity contribution in [3.05, 3.63) is 11.6 Å². The third-order valence-electron chi connectivity index (χ3n) is 9.18. The lowest BCUT2D eigenvalue weighted by Gasteiger charge is -2.64. The zero-order chi connectivity index (χ0) is 19.6. The maximum absolute atomic E-state index is 12.0. The highest BCUT2D eigenvalue weighted by Crippen LogP contribution is 2.66. The van der Waals surface area contributed by atoms with Crippen LogP contribution in [0.15, 0.2) is 11.6 Å². The molecule has 4 aliphatic carbocycles. The summed E-state index contributed by atoms with van der Waals surface area (Å²) in [7, 11) is 0. The van der Waals surface area contributed by atoms with Crippen LogP contribution in [0.1, 0.15) is 79.1 Å². The van der Waals surface area contributed by atoms with E-state index < -0.39 is 11.7 Å². The Labute approximate surface area is 162 Å². The van der Waals surface area contributed by atoms with E-state index >= 15 is 0 Å². The molecule has 6 unspecified atom stereocenters. The molecule has 0 radical (unpaired) electrons. The molecule has 27 heavy (non-hydrogen) atoms. The number of hydrogen-bond donors (Lipinski definition) is 1. The van der Waals surface area contributed by atoms with Crippen molar-refractivity contribution in [1.82, 2.24) is 0 Å². The number of aliphatic hydroxyl groups is 1. The van der Waals surface area contributed by atoms with Crippen molar-refractivity contribution in [3.63, 3.8) is 0 Å². The second-order valence-electron chi connectivity index (χ2n) is 10.2. The van der Waals surface area contributed by atoms with Crippen LogP contribution in [0, 0.1) is 28.6 Å². The van der Waals surface area contributed by atoms with Gasteiger partial charge in [-0.3, -0.25) is 9.59 Å². The molecule has 150 valence electrons. The minimum absolute atomic E-state index is 0.150. The molecule has 7 atom stereocenters. The molecule has 0 saturated heterocycles. The molecule has 0 aromatic carbocycles. The Morgan fingerprint density at radius 3 is 2.52 bits per heavy atom. The molecule has 0 aromatic heterocycles. The normalized spacial score (nSPS) is 49.4. The first-order valence-corrected chi connectivity index (χ1v) is 10.7. The van der Waals surface area contributed by atoms with E-state index in [1.54, 1.807) is 0 Å². The molecule has 4 aliphatic rings. The second kappa shape index (κ2) is 6.17. The fourth-order valence-corrected chi connectivity index (χ4v) is 7.39. The van der Waals surface area contributed by atoms with Gasteiger partial charge in [0, 0.05) is 18.8 Å². The molecule has 0 aromatic rings. The van der Waals surface area contributed by atoms with Crippen molar-refractivity contribution >= 4 is 11.8 Å².